The third kappa shape index (κ3) is 3.00. The van der Waals surface area contributed by atoms with E-state index in [1.165, 1.54) is 17.5 Å². The quantitative estimate of drug-likeness (QED) is 0.737. The highest BCUT2D eigenvalue weighted by molar-refractivity contribution is 5.52. The number of fused-ring (bicyclic) bond motifs is 1. The van der Waals surface area contributed by atoms with Crippen molar-refractivity contribution in [2.24, 2.45) is 0 Å². The third-order valence-electron chi connectivity index (χ3n) is 4.33. The van der Waals surface area contributed by atoms with Crippen LogP contribution in [0.1, 0.15) is 22.5 Å². The van der Waals surface area contributed by atoms with Crippen LogP contribution in [0.5, 0.6) is 0 Å². The minimum atomic E-state index is 0.685. The molecule has 4 rings (SSSR count). The Morgan fingerprint density at radius 1 is 1.12 bits per heavy atom. The van der Waals surface area contributed by atoms with Crippen molar-refractivity contribution in [3.63, 3.8) is 0 Å². The van der Waals surface area contributed by atoms with Gasteiger partial charge in [0.15, 0.2) is 5.82 Å². The summed E-state index contributed by atoms with van der Waals surface area (Å²) in [5, 5.41) is 0. The van der Waals surface area contributed by atoms with Crippen molar-refractivity contribution in [2.45, 2.75) is 26.4 Å². The van der Waals surface area contributed by atoms with Crippen molar-refractivity contribution in [2.75, 3.05) is 6.54 Å². The minimum Gasteiger partial charge on any atom is -0.291 e. The third-order valence-corrected chi connectivity index (χ3v) is 4.33. The van der Waals surface area contributed by atoms with E-state index in [1.807, 2.05) is 18.5 Å². The van der Waals surface area contributed by atoms with Crippen LogP contribution in [0.3, 0.4) is 0 Å². The molecule has 0 saturated heterocycles. The number of hydrogen-bond acceptors (Lipinski definition) is 6. The Balaban J connectivity index is 1.57. The van der Waals surface area contributed by atoms with Gasteiger partial charge in [-0.15, -0.1) is 0 Å². The molecule has 24 heavy (non-hydrogen) atoms. The molecule has 0 radical (unpaired) electrons. The number of rotatable bonds is 3. The van der Waals surface area contributed by atoms with E-state index < -0.39 is 0 Å². The molecule has 0 bridgehead atoms. The largest absolute Gasteiger partial charge is 0.291 e. The Morgan fingerprint density at radius 3 is 2.83 bits per heavy atom. The van der Waals surface area contributed by atoms with Gasteiger partial charge in [-0.05, 0) is 30.5 Å². The molecule has 120 valence electrons. The highest BCUT2D eigenvalue weighted by atomic mass is 15.1. The summed E-state index contributed by atoms with van der Waals surface area (Å²) in [5.74, 6) is 0.685. The summed E-state index contributed by atoms with van der Waals surface area (Å²) in [7, 11) is 0. The molecule has 0 aromatic carbocycles. The van der Waals surface area contributed by atoms with Crippen LogP contribution < -0.4 is 0 Å². The zero-order valence-corrected chi connectivity index (χ0v) is 13.6. The van der Waals surface area contributed by atoms with Gasteiger partial charge in [-0.3, -0.25) is 9.88 Å². The second kappa shape index (κ2) is 6.41. The van der Waals surface area contributed by atoms with Crippen molar-refractivity contribution in [3.8, 4) is 11.4 Å². The Bertz CT molecular complexity index is 849. The van der Waals surface area contributed by atoms with Crippen LogP contribution >= 0.6 is 0 Å². The maximum absolute atomic E-state index is 4.74. The van der Waals surface area contributed by atoms with E-state index in [0.29, 0.717) is 5.82 Å². The molecule has 1 aliphatic heterocycles. The summed E-state index contributed by atoms with van der Waals surface area (Å²) in [4.78, 5) is 24.2. The average Bonchev–Trinajstić information content (AvgIpc) is 2.64. The first-order chi connectivity index (χ1) is 11.8. The van der Waals surface area contributed by atoms with Crippen molar-refractivity contribution >= 4 is 0 Å². The van der Waals surface area contributed by atoms with E-state index in [1.54, 1.807) is 12.4 Å². The summed E-state index contributed by atoms with van der Waals surface area (Å²) in [6, 6.07) is 4.08. The first kappa shape index (κ1) is 14.8. The second-order valence-corrected chi connectivity index (χ2v) is 6.02. The number of aromatic nitrogens is 5. The maximum atomic E-state index is 4.74. The van der Waals surface area contributed by atoms with Crippen LogP contribution in [0.15, 0.2) is 43.2 Å². The summed E-state index contributed by atoms with van der Waals surface area (Å²) in [6.45, 7) is 4.77. The van der Waals surface area contributed by atoms with Gasteiger partial charge in [0, 0.05) is 44.4 Å². The molecule has 0 atom stereocenters. The SMILES string of the molecule is Cc1cccnc1CN1CCc2cnc(-c3cncnc3)nc2C1. The smallest absolute Gasteiger partial charge is 0.162 e. The Kier molecular flexibility index (Phi) is 3.96. The molecular formula is C18H18N6. The van der Waals surface area contributed by atoms with Crippen molar-refractivity contribution in [1.82, 2.24) is 29.8 Å². The van der Waals surface area contributed by atoms with Crippen LogP contribution in [-0.2, 0) is 19.5 Å². The number of hydrogen-bond donors (Lipinski definition) is 0. The van der Waals surface area contributed by atoms with Gasteiger partial charge in [0.05, 0.1) is 17.0 Å². The molecule has 0 unspecified atom stereocenters. The van der Waals surface area contributed by atoms with E-state index >= 15 is 0 Å². The fourth-order valence-electron chi connectivity index (χ4n) is 2.94. The van der Waals surface area contributed by atoms with Crippen molar-refractivity contribution in [1.29, 1.82) is 0 Å². The van der Waals surface area contributed by atoms with Gasteiger partial charge in [-0.2, -0.15) is 0 Å². The average molecular weight is 318 g/mol. The van der Waals surface area contributed by atoms with Gasteiger partial charge in [-0.25, -0.2) is 19.9 Å². The van der Waals surface area contributed by atoms with E-state index in [-0.39, 0.29) is 0 Å². The molecule has 6 heteroatoms. The zero-order chi connectivity index (χ0) is 16.4. The van der Waals surface area contributed by atoms with E-state index in [4.69, 9.17) is 4.98 Å². The lowest BCUT2D eigenvalue weighted by Gasteiger charge is -2.28. The number of pyridine rings is 1. The van der Waals surface area contributed by atoms with Crippen LogP contribution in [-0.4, -0.2) is 36.4 Å². The maximum Gasteiger partial charge on any atom is 0.162 e. The zero-order valence-electron chi connectivity index (χ0n) is 13.6. The van der Waals surface area contributed by atoms with Crippen LogP contribution in [0.2, 0.25) is 0 Å². The Morgan fingerprint density at radius 2 is 2.00 bits per heavy atom. The van der Waals surface area contributed by atoms with E-state index in [0.717, 1.165) is 43.0 Å². The Hall–Kier alpha value is -2.73. The molecule has 1 aliphatic rings. The lowest BCUT2D eigenvalue weighted by Crippen LogP contribution is -2.31. The standard InChI is InChI=1S/C18H18N6/c1-13-3-2-5-21-16(13)10-24-6-4-14-9-22-18(23-17(14)11-24)15-7-19-12-20-8-15/h2-3,5,7-9,12H,4,6,10-11H2,1H3. The topological polar surface area (TPSA) is 67.7 Å². The van der Waals surface area contributed by atoms with E-state index in [9.17, 15) is 0 Å². The Labute approximate surface area is 140 Å². The minimum absolute atomic E-state index is 0.685. The summed E-state index contributed by atoms with van der Waals surface area (Å²) >= 11 is 0. The highest BCUT2D eigenvalue weighted by Crippen LogP contribution is 2.21. The molecule has 0 fully saturated rings. The normalized spacial score (nSPS) is 14.4. The number of nitrogens with zero attached hydrogens (tertiary/aromatic N) is 6. The van der Waals surface area contributed by atoms with Crippen molar-refractivity contribution in [3.05, 3.63) is 65.8 Å². The molecule has 0 aliphatic carbocycles. The van der Waals surface area contributed by atoms with Gasteiger partial charge in [0.1, 0.15) is 6.33 Å². The first-order valence-electron chi connectivity index (χ1n) is 8.02. The summed E-state index contributed by atoms with van der Waals surface area (Å²) < 4.78 is 0. The fourth-order valence-corrected chi connectivity index (χ4v) is 2.94. The van der Waals surface area contributed by atoms with Gasteiger partial charge in [0.2, 0.25) is 0 Å². The summed E-state index contributed by atoms with van der Waals surface area (Å²) in [5.41, 5.74) is 5.52. The summed E-state index contributed by atoms with van der Waals surface area (Å²) in [6.07, 6.45) is 9.76. The van der Waals surface area contributed by atoms with Gasteiger partial charge in [0.25, 0.3) is 0 Å². The van der Waals surface area contributed by atoms with Gasteiger partial charge in [-0.1, -0.05) is 6.07 Å². The molecule has 6 nitrogen and oxygen atoms in total. The highest BCUT2D eigenvalue weighted by Gasteiger charge is 2.20. The number of aryl methyl sites for hydroxylation is 1. The predicted octanol–water partition coefficient (Wildman–Crippen LogP) is 2.20. The van der Waals surface area contributed by atoms with Crippen LogP contribution in [0.4, 0.5) is 0 Å². The second-order valence-electron chi connectivity index (χ2n) is 6.02. The van der Waals surface area contributed by atoms with E-state index in [2.05, 4.69) is 37.8 Å². The van der Waals surface area contributed by atoms with Crippen molar-refractivity contribution < 1.29 is 0 Å². The molecule has 3 aromatic heterocycles. The molecule has 0 spiro atoms. The predicted molar refractivity (Wildman–Crippen MR) is 89.9 cm³/mol. The molecule has 0 amide bonds. The van der Waals surface area contributed by atoms with Gasteiger partial charge >= 0.3 is 0 Å². The van der Waals surface area contributed by atoms with Crippen LogP contribution in [0.25, 0.3) is 11.4 Å². The lowest BCUT2D eigenvalue weighted by molar-refractivity contribution is 0.238. The molecule has 0 N–H and O–H groups in total. The first-order valence-corrected chi connectivity index (χ1v) is 8.02. The molecular weight excluding hydrogens is 300 g/mol. The van der Waals surface area contributed by atoms with Crippen LogP contribution in [0, 0.1) is 6.92 Å². The lowest BCUT2D eigenvalue weighted by atomic mass is 10.1. The fraction of sp³-hybridized carbons (Fsp3) is 0.278. The van der Waals surface area contributed by atoms with Gasteiger partial charge < -0.3 is 0 Å². The molecule has 4 heterocycles. The monoisotopic (exact) mass is 318 g/mol. The molecule has 0 saturated carbocycles. The molecule has 3 aromatic rings.